The van der Waals surface area contributed by atoms with Crippen LogP contribution in [0.4, 0.5) is 17.6 Å². The maximum Gasteiger partial charge on any atom is 0.299 e. The zero-order valence-electron chi connectivity index (χ0n) is 10.4. The molecule has 4 unspecified atom stereocenters. The average molecular weight is 292 g/mol. The minimum Gasteiger partial charge on any atom is -0.368 e. The van der Waals surface area contributed by atoms with Crippen LogP contribution in [0.2, 0.25) is 0 Å². The molecule has 0 aliphatic carbocycles. The number of hydrogen-bond donors (Lipinski definition) is 1. The van der Waals surface area contributed by atoms with Crippen LogP contribution < -0.4 is 0 Å². The van der Waals surface area contributed by atoms with Crippen molar-refractivity contribution < 1.29 is 32.1 Å². The van der Waals surface area contributed by atoms with Crippen LogP contribution in [0.25, 0.3) is 0 Å². The highest BCUT2D eigenvalue weighted by Crippen LogP contribution is 2.47. The zero-order chi connectivity index (χ0) is 14.7. The molecular weight excluding hydrogens is 280 g/mol. The molecule has 3 rings (SSSR count). The Balaban J connectivity index is 2.01. The van der Waals surface area contributed by atoms with E-state index in [2.05, 4.69) is 0 Å². The second kappa shape index (κ2) is 4.41. The van der Waals surface area contributed by atoms with Crippen molar-refractivity contribution in [1.29, 1.82) is 0 Å². The number of rotatable bonds is 1. The molecule has 3 nitrogen and oxygen atoms in total. The lowest BCUT2D eigenvalue weighted by Crippen LogP contribution is -2.34. The van der Waals surface area contributed by atoms with Crippen molar-refractivity contribution in [2.24, 2.45) is 0 Å². The van der Waals surface area contributed by atoms with Crippen molar-refractivity contribution in [3.05, 3.63) is 34.9 Å². The van der Waals surface area contributed by atoms with E-state index in [4.69, 9.17) is 9.47 Å². The van der Waals surface area contributed by atoms with E-state index in [0.29, 0.717) is 0 Å². The Morgan fingerprint density at radius 1 is 1.30 bits per heavy atom. The lowest BCUT2D eigenvalue weighted by atomic mass is 9.88. The maximum atomic E-state index is 13.6. The number of halogens is 4. The summed E-state index contributed by atoms with van der Waals surface area (Å²) >= 11 is 0. The SMILES string of the molecule is Cc1c(C2C(O)OC3C2OCC3(F)F)ccc(F)c1F. The fourth-order valence-corrected chi connectivity index (χ4v) is 2.84. The number of fused-ring (bicyclic) bond motifs is 1. The molecule has 2 aliphatic heterocycles. The summed E-state index contributed by atoms with van der Waals surface area (Å²) in [6.07, 6.45) is -4.20. The van der Waals surface area contributed by atoms with Crippen molar-refractivity contribution >= 4 is 0 Å². The third kappa shape index (κ3) is 1.84. The third-order valence-corrected chi connectivity index (χ3v) is 3.87. The van der Waals surface area contributed by atoms with E-state index >= 15 is 0 Å². The van der Waals surface area contributed by atoms with Gasteiger partial charge in [-0.25, -0.2) is 17.6 Å². The van der Waals surface area contributed by atoms with E-state index in [0.717, 1.165) is 6.07 Å². The van der Waals surface area contributed by atoms with E-state index in [-0.39, 0.29) is 11.1 Å². The van der Waals surface area contributed by atoms with Crippen LogP contribution in [-0.4, -0.2) is 36.1 Å². The molecule has 4 atom stereocenters. The summed E-state index contributed by atoms with van der Waals surface area (Å²) in [4.78, 5) is 0. The molecule has 2 saturated heterocycles. The molecule has 0 spiro atoms. The fraction of sp³-hybridized carbons (Fsp3) is 0.538. The quantitative estimate of drug-likeness (QED) is 0.806. The second-order valence-corrected chi connectivity index (χ2v) is 5.09. The molecule has 0 bridgehead atoms. The number of hydrogen-bond acceptors (Lipinski definition) is 3. The van der Waals surface area contributed by atoms with Crippen LogP contribution in [-0.2, 0) is 9.47 Å². The summed E-state index contributed by atoms with van der Waals surface area (Å²) in [7, 11) is 0. The number of benzene rings is 1. The van der Waals surface area contributed by atoms with Gasteiger partial charge < -0.3 is 14.6 Å². The van der Waals surface area contributed by atoms with E-state index in [1.165, 1.54) is 13.0 Å². The van der Waals surface area contributed by atoms with Crippen molar-refractivity contribution in [2.75, 3.05) is 6.61 Å². The van der Waals surface area contributed by atoms with Gasteiger partial charge in [-0.05, 0) is 24.1 Å². The van der Waals surface area contributed by atoms with Crippen molar-refractivity contribution in [3.63, 3.8) is 0 Å². The van der Waals surface area contributed by atoms with Gasteiger partial charge in [0.2, 0.25) is 0 Å². The molecule has 0 amide bonds. The Hall–Kier alpha value is -1.18. The number of ether oxygens (including phenoxy) is 2. The molecule has 0 saturated carbocycles. The molecule has 110 valence electrons. The summed E-state index contributed by atoms with van der Waals surface area (Å²) in [5, 5.41) is 9.81. The molecule has 2 aliphatic rings. The first-order chi connectivity index (χ1) is 9.33. The smallest absolute Gasteiger partial charge is 0.299 e. The van der Waals surface area contributed by atoms with Crippen LogP contribution in [0.5, 0.6) is 0 Å². The summed E-state index contributed by atoms with van der Waals surface area (Å²) in [5.41, 5.74) is 0.165. The van der Waals surface area contributed by atoms with Gasteiger partial charge in [0.05, 0.1) is 5.92 Å². The Morgan fingerprint density at radius 2 is 2.00 bits per heavy atom. The highest BCUT2D eigenvalue weighted by molar-refractivity contribution is 5.34. The average Bonchev–Trinajstić information content (AvgIpc) is 2.85. The highest BCUT2D eigenvalue weighted by atomic mass is 19.3. The largest absolute Gasteiger partial charge is 0.368 e. The lowest BCUT2D eigenvalue weighted by molar-refractivity contribution is -0.167. The van der Waals surface area contributed by atoms with Gasteiger partial charge in [-0.2, -0.15) is 0 Å². The van der Waals surface area contributed by atoms with Gasteiger partial charge in [-0.3, -0.25) is 0 Å². The van der Waals surface area contributed by atoms with Gasteiger partial charge in [0.1, 0.15) is 12.7 Å². The van der Waals surface area contributed by atoms with E-state index in [9.17, 15) is 22.7 Å². The molecule has 1 aromatic rings. The first-order valence-corrected chi connectivity index (χ1v) is 6.10. The topological polar surface area (TPSA) is 38.7 Å². The van der Waals surface area contributed by atoms with Crippen LogP contribution in [0.3, 0.4) is 0 Å². The summed E-state index contributed by atoms with van der Waals surface area (Å²) in [5.74, 6) is -6.27. The lowest BCUT2D eigenvalue weighted by Gasteiger charge is -2.20. The minimum absolute atomic E-state index is 0.0443. The molecule has 7 heteroatoms. The van der Waals surface area contributed by atoms with Gasteiger partial charge in [-0.1, -0.05) is 6.07 Å². The zero-order valence-corrected chi connectivity index (χ0v) is 10.4. The first-order valence-electron chi connectivity index (χ1n) is 6.10. The summed E-state index contributed by atoms with van der Waals surface area (Å²) in [6, 6.07) is 2.15. The van der Waals surface area contributed by atoms with Gasteiger partial charge in [0.25, 0.3) is 5.92 Å². The Bertz CT molecular complexity index is 549. The van der Waals surface area contributed by atoms with Crippen molar-refractivity contribution in [3.8, 4) is 0 Å². The molecule has 1 N–H and O–H groups in total. The predicted octanol–water partition coefficient (Wildman–Crippen LogP) is 2.11. The van der Waals surface area contributed by atoms with Crippen LogP contribution >= 0.6 is 0 Å². The summed E-state index contributed by atoms with van der Waals surface area (Å²) < 4.78 is 63.6. The molecule has 20 heavy (non-hydrogen) atoms. The van der Waals surface area contributed by atoms with Gasteiger partial charge >= 0.3 is 0 Å². The molecule has 0 radical (unpaired) electrons. The van der Waals surface area contributed by atoms with E-state index < -0.39 is 48.6 Å². The second-order valence-electron chi connectivity index (χ2n) is 5.09. The van der Waals surface area contributed by atoms with Gasteiger partial charge in [0, 0.05) is 0 Å². The monoisotopic (exact) mass is 292 g/mol. The Labute approximate surface area is 112 Å². The fourth-order valence-electron chi connectivity index (χ4n) is 2.84. The first kappa shape index (κ1) is 13.8. The maximum absolute atomic E-state index is 13.6. The predicted molar refractivity (Wildman–Crippen MR) is 59.4 cm³/mol. The van der Waals surface area contributed by atoms with Gasteiger partial charge in [0.15, 0.2) is 24.0 Å². The molecule has 1 aromatic carbocycles. The van der Waals surface area contributed by atoms with E-state index in [1.54, 1.807) is 0 Å². The van der Waals surface area contributed by atoms with Crippen molar-refractivity contribution in [2.45, 2.75) is 37.3 Å². The normalized spacial score (nSPS) is 35.3. The number of alkyl halides is 2. The van der Waals surface area contributed by atoms with Gasteiger partial charge in [-0.15, -0.1) is 0 Å². The van der Waals surface area contributed by atoms with Crippen molar-refractivity contribution in [1.82, 2.24) is 0 Å². The molecule has 2 heterocycles. The van der Waals surface area contributed by atoms with Crippen LogP contribution in [0.15, 0.2) is 12.1 Å². The standard InChI is InChI=1S/C13H12F4O3/c1-5-6(2-3-7(14)9(5)15)8-10-11(20-12(8)18)13(16,17)4-19-10/h2-3,8,10-12,18H,4H2,1H3. The highest BCUT2D eigenvalue weighted by Gasteiger charge is 2.61. The third-order valence-electron chi connectivity index (χ3n) is 3.87. The molecular formula is C13H12F4O3. The summed E-state index contributed by atoms with van der Waals surface area (Å²) in [6.45, 7) is 0.509. The Morgan fingerprint density at radius 3 is 2.70 bits per heavy atom. The number of aliphatic hydroxyl groups excluding tert-OH is 1. The van der Waals surface area contributed by atoms with Crippen LogP contribution in [0.1, 0.15) is 17.0 Å². The van der Waals surface area contributed by atoms with E-state index in [1.807, 2.05) is 0 Å². The number of aliphatic hydroxyl groups is 1. The minimum atomic E-state index is -3.20. The Kier molecular flexibility index (Phi) is 3.04. The molecule has 0 aromatic heterocycles. The van der Waals surface area contributed by atoms with Crippen LogP contribution in [0, 0.1) is 18.6 Å². The molecule has 2 fully saturated rings.